The lowest BCUT2D eigenvalue weighted by Gasteiger charge is -2.34. The zero-order valence-corrected chi connectivity index (χ0v) is 17.5. The number of aryl methyl sites for hydroxylation is 1. The van der Waals surface area contributed by atoms with Crippen molar-refractivity contribution in [2.24, 2.45) is 17.3 Å². The number of hydrogen-bond donors (Lipinski definition) is 2. The summed E-state index contributed by atoms with van der Waals surface area (Å²) in [6.45, 7) is 9.92. The van der Waals surface area contributed by atoms with Crippen LogP contribution in [0.1, 0.15) is 61.0 Å². The third-order valence-corrected chi connectivity index (χ3v) is 7.38. The van der Waals surface area contributed by atoms with E-state index in [9.17, 15) is 4.79 Å². The molecular formula is C22H31N3OS. The number of fused-ring (bicyclic) bond motifs is 2. The first kappa shape index (κ1) is 18.9. The Balaban J connectivity index is 1.48. The highest BCUT2D eigenvalue weighted by molar-refractivity contribution is 7.20. The number of aromatic nitrogens is 1. The summed E-state index contributed by atoms with van der Waals surface area (Å²) < 4.78 is 0. The molecule has 1 fully saturated rings. The van der Waals surface area contributed by atoms with Gasteiger partial charge in [-0.2, -0.15) is 0 Å². The van der Waals surface area contributed by atoms with Crippen molar-refractivity contribution in [1.82, 2.24) is 15.6 Å². The Hall–Kier alpha value is -1.46. The first-order valence-electron chi connectivity index (χ1n) is 10.3. The van der Waals surface area contributed by atoms with Crippen LogP contribution in [0.4, 0.5) is 0 Å². The van der Waals surface area contributed by atoms with E-state index >= 15 is 0 Å². The van der Waals surface area contributed by atoms with Crippen molar-refractivity contribution in [2.45, 2.75) is 52.9 Å². The quantitative estimate of drug-likeness (QED) is 0.833. The molecule has 1 amide bonds. The fourth-order valence-corrected chi connectivity index (χ4v) is 5.34. The van der Waals surface area contributed by atoms with Crippen LogP contribution in [0.3, 0.4) is 0 Å². The van der Waals surface area contributed by atoms with E-state index in [4.69, 9.17) is 4.98 Å². The minimum absolute atomic E-state index is 0.0575. The van der Waals surface area contributed by atoms with Crippen molar-refractivity contribution in [3.05, 3.63) is 28.3 Å². The maximum absolute atomic E-state index is 12.6. The van der Waals surface area contributed by atoms with Gasteiger partial charge in [0, 0.05) is 17.6 Å². The minimum Gasteiger partial charge on any atom is -0.351 e. The molecule has 2 aliphatic rings. The van der Waals surface area contributed by atoms with Crippen molar-refractivity contribution < 1.29 is 4.79 Å². The molecule has 0 radical (unpaired) electrons. The number of amides is 1. The molecule has 0 saturated carbocycles. The van der Waals surface area contributed by atoms with Gasteiger partial charge in [0.25, 0.3) is 5.91 Å². The molecule has 2 aromatic rings. The zero-order chi connectivity index (χ0) is 19.0. The number of rotatable bonds is 3. The van der Waals surface area contributed by atoms with E-state index in [0.717, 1.165) is 60.4 Å². The van der Waals surface area contributed by atoms with Crippen LogP contribution in [0.15, 0.2) is 12.1 Å². The molecule has 5 heteroatoms. The topological polar surface area (TPSA) is 54.0 Å². The van der Waals surface area contributed by atoms with Gasteiger partial charge in [0.05, 0.1) is 4.88 Å². The molecule has 2 aromatic heterocycles. The van der Waals surface area contributed by atoms with Crippen molar-refractivity contribution in [2.75, 3.05) is 19.6 Å². The predicted molar refractivity (Wildman–Crippen MR) is 113 cm³/mol. The van der Waals surface area contributed by atoms with Gasteiger partial charge < -0.3 is 10.6 Å². The van der Waals surface area contributed by atoms with Crippen LogP contribution in [-0.4, -0.2) is 30.5 Å². The van der Waals surface area contributed by atoms with E-state index in [1.54, 1.807) is 0 Å². The molecule has 1 aliphatic carbocycles. The summed E-state index contributed by atoms with van der Waals surface area (Å²) in [7, 11) is 0. The maximum Gasteiger partial charge on any atom is 0.261 e. The summed E-state index contributed by atoms with van der Waals surface area (Å²) >= 11 is 1.54. The Morgan fingerprint density at radius 3 is 2.78 bits per heavy atom. The van der Waals surface area contributed by atoms with E-state index in [0.29, 0.717) is 17.3 Å². The van der Waals surface area contributed by atoms with Crippen LogP contribution in [0.25, 0.3) is 10.2 Å². The predicted octanol–water partition coefficient (Wildman–Crippen LogP) is 4.18. The lowest BCUT2D eigenvalue weighted by Crippen LogP contribution is -2.35. The van der Waals surface area contributed by atoms with Crippen molar-refractivity contribution in [3.63, 3.8) is 0 Å². The molecule has 146 valence electrons. The number of thiophene rings is 1. The summed E-state index contributed by atoms with van der Waals surface area (Å²) in [5, 5.41) is 7.64. The number of hydrogen-bond acceptors (Lipinski definition) is 4. The Morgan fingerprint density at radius 1 is 1.26 bits per heavy atom. The van der Waals surface area contributed by atoms with Gasteiger partial charge in [0.2, 0.25) is 0 Å². The Kier molecular flexibility index (Phi) is 5.26. The molecule has 4 rings (SSSR count). The molecule has 2 N–H and O–H groups in total. The molecule has 0 aromatic carbocycles. The SMILES string of the molecule is CC(C)(C)C1CCc2nc3sc(C(=O)NCC4CCNCC4)cc3cc2C1. The summed E-state index contributed by atoms with van der Waals surface area (Å²) in [6.07, 6.45) is 5.67. The lowest BCUT2D eigenvalue weighted by molar-refractivity contribution is 0.0948. The van der Waals surface area contributed by atoms with E-state index in [2.05, 4.69) is 37.5 Å². The Bertz CT molecular complexity index is 830. The Morgan fingerprint density at radius 2 is 2.04 bits per heavy atom. The van der Waals surface area contributed by atoms with Gasteiger partial charge in [-0.15, -0.1) is 11.3 Å². The normalized spacial score (nSPS) is 21.2. The molecule has 1 aliphatic heterocycles. The fraction of sp³-hybridized carbons (Fsp3) is 0.636. The van der Waals surface area contributed by atoms with Crippen LogP contribution >= 0.6 is 11.3 Å². The lowest BCUT2D eigenvalue weighted by atomic mass is 9.71. The molecule has 0 bridgehead atoms. The van der Waals surface area contributed by atoms with Gasteiger partial charge >= 0.3 is 0 Å². The molecule has 4 nitrogen and oxygen atoms in total. The largest absolute Gasteiger partial charge is 0.351 e. The highest BCUT2D eigenvalue weighted by Crippen LogP contribution is 2.38. The number of pyridine rings is 1. The number of carbonyl (C=O) groups excluding carboxylic acids is 1. The van der Waals surface area contributed by atoms with Gasteiger partial charge in [0.1, 0.15) is 4.83 Å². The summed E-state index contributed by atoms with van der Waals surface area (Å²) in [5.41, 5.74) is 2.96. The third kappa shape index (κ3) is 4.19. The zero-order valence-electron chi connectivity index (χ0n) is 16.7. The highest BCUT2D eigenvalue weighted by atomic mass is 32.1. The average Bonchev–Trinajstić information content (AvgIpc) is 3.06. The van der Waals surface area contributed by atoms with Crippen molar-refractivity contribution in [1.29, 1.82) is 0 Å². The molecule has 1 atom stereocenters. The van der Waals surface area contributed by atoms with Crippen molar-refractivity contribution in [3.8, 4) is 0 Å². The first-order valence-corrected chi connectivity index (χ1v) is 11.1. The standard InChI is InChI=1S/C22H31N3OS/c1-22(2,3)17-4-5-18-15(11-17)10-16-12-19(27-21(16)25-18)20(26)24-13-14-6-8-23-9-7-14/h10,12,14,17,23H,4-9,11,13H2,1-3H3,(H,24,26). The molecule has 0 spiro atoms. The second kappa shape index (κ2) is 7.51. The molecule has 1 unspecified atom stereocenters. The Labute approximate surface area is 166 Å². The number of nitrogens with one attached hydrogen (secondary N) is 2. The highest BCUT2D eigenvalue weighted by Gasteiger charge is 2.29. The molecule has 3 heterocycles. The fourth-order valence-electron chi connectivity index (χ4n) is 4.38. The van der Waals surface area contributed by atoms with E-state index in [1.807, 2.05) is 6.07 Å². The van der Waals surface area contributed by atoms with Crippen LogP contribution < -0.4 is 10.6 Å². The third-order valence-electron chi connectivity index (χ3n) is 6.33. The minimum atomic E-state index is 0.0575. The molecular weight excluding hydrogens is 354 g/mol. The second-order valence-corrected chi connectivity index (χ2v) is 10.3. The van der Waals surface area contributed by atoms with E-state index in [-0.39, 0.29) is 5.91 Å². The van der Waals surface area contributed by atoms with Gasteiger partial charge in [-0.05, 0) is 80.1 Å². The monoisotopic (exact) mass is 385 g/mol. The van der Waals surface area contributed by atoms with Crippen LogP contribution in [0, 0.1) is 17.3 Å². The van der Waals surface area contributed by atoms with E-state index in [1.165, 1.54) is 29.0 Å². The second-order valence-electron chi connectivity index (χ2n) is 9.31. The number of piperidine rings is 1. The van der Waals surface area contributed by atoms with Crippen LogP contribution in [-0.2, 0) is 12.8 Å². The summed E-state index contributed by atoms with van der Waals surface area (Å²) in [4.78, 5) is 19.3. The smallest absolute Gasteiger partial charge is 0.261 e. The van der Waals surface area contributed by atoms with Gasteiger partial charge in [-0.1, -0.05) is 20.8 Å². The molecule has 1 saturated heterocycles. The van der Waals surface area contributed by atoms with Crippen molar-refractivity contribution >= 4 is 27.5 Å². The number of carbonyl (C=O) groups is 1. The maximum atomic E-state index is 12.6. The van der Waals surface area contributed by atoms with E-state index < -0.39 is 0 Å². The average molecular weight is 386 g/mol. The number of nitrogens with zero attached hydrogens (tertiary/aromatic N) is 1. The van der Waals surface area contributed by atoms with Gasteiger partial charge in [0.15, 0.2) is 0 Å². The van der Waals surface area contributed by atoms with Crippen LogP contribution in [0.2, 0.25) is 0 Å². The van der Waals surface area contributed by atoms with Crippen LogP contribution in [0.5, 0.6) is 0 Å². The summed E-state index contributed by atoms with van der Waals surface area (Å²) in [5.74, 6) is 1.36. The first-order chi connectivity index (χ1) is 12.9. The van der Waals surface area contributed by atoms with Gasteiger partial charge in [-0.25, -0.2) is 4.98 Å². The summed E-state index contributed by atoms with van der Waals surface area (Å²) in [6, 6.07) is 4.32. The van der Waals surface area contributed by atoms with Gasteiger partial charge in [-0.3, -0.25) is 4.79 Å². The molecule has 27 heavy (non-hydrogen) atoms.